The van der Waals surface area contributed by atoms with Crippen molar-refractivity contribution in [3.63, 3.8) is 0 Å². The van der Waals surface area contributed by atoms with Gasteiger partial charge in [-0.05, 0) is 51.5 Å². The molecule has 5 fully saturated rings. The maximum absolute atomic E-state index is 14.1. The van der Waals surface area contributed by atoms with Crippen molar-refractivity contribution < 1.29 is 62.6 Å². The van der Waals surface area contributed by atoms with Gasteiger partial charge in [-0.1, -0.05) is 12.1 Å². The van der Waals surface area contributed by atoms with Gasteiger partial charge < -0.3 is 38.6 Å². The van der Waals surface area contributed by atoms with Crippen molar-refractivity contribution in [2.45, 2.75) is 138 Å². The summed E-state index contributed by atoms with van der Waals surface area (Å²) in [5.74, 6) is -2.31. The van der Waals surface area contributed by atoms with Gasteiger partial charge in [0.1, 0.15) is 30.0 Å². The van der Waals surface area contributed by atoms with Gasteiger partial charge in [0, 0.05) is 55.2 Å². The van der Waals surface area contributed by atoms with E-state index in [2.05, 4.69) is 0 Å². The number of benzene rings is 1. The molecule has 4 heterocycles. The highest BCUT2D eigenvalue weighted by Gasteiger charge is 2.67. The first-order valence-electron chi connectivity index (χ1n) is 17.3. The standard InChI is InChI=1S/C37H40O13/c1-16-23(38)7-8-29(46-16)50-35(4)14-28(40)37(44)30-21(9-10-36(37,43)15-35)31(41)22-11-19(5-6-20(22)32(30)42)25-13-26-33(18(3)45-25)49-34-27(48-26)12-24(39)17(2)47-34/h5-6,9-11,16-18,25-27,29,33-34,43-44H,7-8,12-15H2,1-4H3/t16?,17?,18-,25?,26+,27?,29?,33-,34?,35+,36-,37+/m0/s1. The second-order valence-corrected chi connectivity index (χ2v) is 15.0. The number of Topliss-reactive ketones (excluding diaryl/α,β-unsaturated/α-hetero) is 5. The fourth-order valence-corrected chi connectivity index (χ4v) is 8.75. The number of carbonyl (C=O) groups excluding carboxylic acids is 5. The van der Waals surface area contributed by atoms with Crippen LogP contribution in [0.15, 0.2) is 41.5 Å². The predicted octanol–water partition coefficient (Wildman–Crippen LogP) is 2.33. The zero-order valence-electron chi connectivity index (χ0n) is 28.2. The Labute approximate surface area is 287 Å². The van der Waals surface area contributed by atoms with Crippen LogP contribution in [0.25, 0.3) is 0 Å². The highest BCUT2D eigenvalue weighted by Crippen LogP contribution is 2.52. The highest BCUT2D eigenvalue weighted by atomic mass is 16.7. The van der Waals surface area contributed by atoms with Crippen molar-refractivity contribution in [1.29, 1.82) is 0 Å². The number of ether oxygens (including phenoxy) is 6. The number of fused-ring (bicyclic) bond motifs is 5. The molecule has 3 aliphatic carbocycles. The average Bonchev–Trinajstić information content (AvgIpc) is 3.05. The Kier molecular flexibility index (Phi) is 7.87. The zero-order chi connectivity index (χ0) is 35.5. The van der Waals surface area contributed by atoms with Crippen molar-refractivity contribution in [2.24, 2.45) is 0 Å². The summed E-state index contributed by atoms with van der Waals surface area (Å²) in [5.41, 5.74) is -6.21. The van der Waals surface area contributed by atoms with E-state index in [1.165, 1.54) is 18.2 Å². The molecule has 4 aliphatic heterocycles. The van der Waals surface area contributed by atoms with Gasteiger partial charge in [-0.3, -0.25) is 24.0 Å². The quantitative estimate of drug-likeness (QED) is 0.472. The average molecular weight is 693 g/mol. The second kappa shape index (κ2) is 11.6. The van der Waals surface area contributed by atoms with Crippen molar-refractivity contribution >= 4 is 28.9 Å². The minimum absolute atomic E-state index is 0.0102. The molecule has 0 radical (unpaired) electrons. The van der Waals surface area contributed by atoms with Crippen LogP contribution >= 0.6 is 0 Å². The highest BCUT2D eigenvalue weighted by molar-refractivity contribution is 6.31. The van der Waals surface area contributed by atoms with E-state index in [0.717, 1.165) is 0 Å². The van der Waals surface area contributed by atoms with Crippen LogP contribution in [0.1, 0.15) is 98.6 Å². The van der Waals surface area contributed by atoms with E-state index in [4.69, 9.17) is 28.4 Å². The summed E-state index contributed by atoms with van der Waals surface area (Å²) in [6.07, 6.45) is -2.18. The molecule has 2 N–H and O–H groups in total. The monoisotopic (exact) mass is 692 g/mol. The number of allylic oxidation sites excluding steroid dienone is 2. The molecule has 4 saturated heterocycles. The molecule has 1 aromatic carbocycles. The molecule has 0 amide bonds. The summed E-state index contributed by atoms with van der Waals surface area (Å²) in [6, 6.07) is 4.72. The van der Waals surface area contributed by atoms with E-state index >= 15 is 0 Å². The molecule has 266 valence electrons. The second-order valence-electron chi connectivity index (χ2n) is 15.0. The van der Waals surface area contributed by atoms with Gasteiger partial charge in [-0.25, -0.2) is 0 Å². The van der Waals surface area contributed by atoms with E-state index in [0.29, 0.717) is 12.0 Å². The molecular formula is C37H40O13. The fourth-order valence-electron chi connectivity index (χ4n) is 8.75. The maximum atomic E-state index is 14.1. The number of hydrogen-bond donors (Lipinski definition) is 2. The Morgan fingerprint density at radius 2 is 1.62 bits per heavy atom. The summed E-state index contributed by atoms with van der Waals surface area (Å²) in [7, 11) is 0. The third-order valence-electron chi connectivity index (χ3n) is 11.4. The van der Waals surface area contributed by atoms with Crippen molar-refractivity contribution in [3.05, 3.63) is 58.2 Å². The Hall–Kier alpha value is -3.27. The van der Waals surface area contributed by atoms with E-state index < -0.39 is 95.0 Å². The van der Waals surface area contributed by atoms with Crippen molar-refractivity contribution in [2.75, 3.05) is 0 Å². The zero-order valence-corrected chi connectivity index (χ0v) is 28.2. The topological polar surface area (TPSA) is 181 Å². The number of rotatable bonds is 3. The van der Waals surface area contributed by atoms with Crippen LogP contribution in [0.4, 0.5) is 0 Å². The lowest BCUT2D eigenvalue weighted by atomic mass is 9.57. The normalized spacial score (nSPS) is 44.3. The minimum atomic E-state index is -2.70. The largest absolute Gasteiger partial charge is 0.382 e. The lowest BCUT2D eigenvalue weighted by Crippen LogP contribution is -2.69. The van der Waals surface area contributed by atoms with Crippen LogP contribution in [0, 0.1) is 0 Å². The smallest absolute Gasteiger partial charge is 0.194 e. The summed E-state index contributed by atoms with van der Waals surface area (Å²) in [6.45, 7) is 6.77. The number of hydrogen-bond acceptors (Lipinski definition) is 13. The Morgan fingerprint density at radius 1 is 0.860 bits per heavy atom. The van der Waals surface area contributed by atoms with Crippen LogP contribution in [-0.4, -0.2) is 105 Å². The van der Waals surface area contributed by atoms with Crippen LogP contribution in [0.5, 0.6) is 0 Å². The maximum Gasteiger partial charge on any atom is 0.194 e. The first-order valence-corrected chi connectivity index (χ1v) is 17.3. The molecule has 0 aromatic heterocycles. The van der Waals surface area contributed by atoms with Gasteiger partial charge in [-0.15, -0.1) is 0 Å². The predicted molar refractivity (Wildman–Crippen MR) is 169 cm³/mol. The number of carbonyl (C=O) groups is 5. The molecule has 0 spiro atoms. The number of aliphatic hydroxyl groups is 2. The van der Waals surface area contributed by atoms with E-state index in [1.807, 2.05) is 6.92 Å². The van der Waals surface area contributed by atoms with E-state index in [1.54, 1.807) is 32.9 Å². The molecule has 12 atom stereocenters. The molecule has 1 aromatic rings. The van der Waals surface area contributed by atoms with Gasteiger partial charge >= 0.3 is 0 Å². The Balaban J connectivity index is 1.04. The molecule has 50 heavy (non-hydrogen) atoms. The van der Waals surface area contributed by atoms with Crippen LogP contribution in [0.3, 0.4) is 0 Å². The Bertz CT molecular complexity index is 1780. The third-order valence-corrected chi connectivity index (χ3v) is 11.4. The first kappa shape index (κ1) is 33.9. The summed E-state index contributed by atoms with van der Waals surface area (Å²) in [5, 5.41) is 24.0. The Morgan fingerprint density at radius 3 is 2.38 bits per heavy atom. The van der Waals surface area contributed by atoms with Crippen molar-refractivity contribution in [3.8, 4) is 0 Å². The number of ketones is 5. The molecule has 13 nitrogen and oxygen atoms in total. The molecule has 0 bridgehead atoms. The lowest BCUT2D eigenvalue weighted by Gasteiger charge is -2.53. The summed E-state index contributed by atoms with van der Waals surface area (Å²) >= 11 is 0. The van der Waals surface area contributed by atoms with E-state index in [-0.39, 0.29) is 60.4 Å². The molecule has 7 aliphatic rings. The van der Waals surface area contributed by atoms with Gasteiger partial charge in [0.05, 0.1) is 29.5 Å². The first-order chi connectivity index (χ1) is 23.6. The van der Waals surface area contributed by atoms with E-state index in [9.17, 15) is 34.2 Å². The van der Waals surface area contributed by atoms with Crippen LogP contribution in [-0.2, 0) is 42.8 Å². The van der Waals surface area contributed by atoms with Crippen molar-refractivity contribution in [1.82, 2.24) is 0 Å². The molecular weight excluding hydrogens is 652 g/mol. The SMILES string of the molecule is CC1OC(O[C@]2(C)CC(=O)[C@@]3(O)C4=C(C=C[C@]3(O)C2)C(=O)c2cc(C3C[C@H]5OC6CC(=O)C(C)OC6O[C@H]5[C@H](C)O3)ccc2C4=O)CCC1=O. The minimum Gasteiger partial charge on any atom is -0.382 e. The van der Waals surface area contributed by atoms with Gasteiger partial charge in [0.15, 0.2) is 47.1 Å². The summed E-state index contributed by atoms with van der Waals surface area (Å²) in [4.78, 5) is 66.3. The molecule has 1 saturated carbocycles. The molecule has 8 rings (SSSR count). The van der Waals surface area contributed by atoms with Gasteiger partial charge in [0.2, 0.25) is 0 Å². The van der Waals surface area contributed by atoms with Crippen LogP contribution in [0.2, 0.25) is 0 Å². The molecule has 6 unspecified atom stereocenters. The summed E-state index contributed by atoms with van der Waals surface area (Å²) < 4.78 is 36.4. The van der Waals surface area contributed by atoms with Crippen LogP contribution < -0.4 is 0 Å². The van der Waals surface area contributed by atoms with Gasteiger partial charge in [-0.2, -0.15) is 0 Å². The van der Waals surface area contributed by atoms with Gasteiger partial charge in [0.25, 0.3) is 0 Å². The third kappa shape index (κ3) is 5.08. The lowest BCUT2D eigenvalue weighted by molar-refractivity contribution is -0.347. The fraction of sp³-hybridized carbons (Fsp3) is 0.595. The molecule has 13 heteroatoms.